The van der Waals surface area contributed by atoms with Crippen molar-refractivity contribution in [3.05, 3.63) is 71.4 Å². The van der Waals surface area contributed by atoms with Crippen molar-refractivity contribution in [2.75, 3.05) is 19.0 Å². The number of nitrogens with one attached hydrogen (secondary N) is 1. The maximum atomic E-state index is 12.2. The van der Waals surface area contributed by atoms with E-state index >= 15 is 0 Å². The van der Waals surface area contributed by atoms with E-state index in [0.29, 0.717) is 0 Å². The van der Waals surface area contributed by atoms with Crippen molar-refractivity contribution in [2.24, 2.45) is 0 Å². The van der Waals surface area contributed by atoms with E-state index in [-0.39, 0.29) is 29.9 Å². The third kappa shape index (κ3) is 3.47. The van der Waals surface area contributed by atoms with Crippen molar-refractivity contribution in [3.8, 4) is 17.0 Å². The molecule has 0 unspecified atom stereocenters. The number of carbonyl (C=O) groups excluding carboxylic acids is 1. The minimum Gasteiger partial charge on any atom is -0.480 e. The molecule has 0 radical (unpaired) electrons. The van der Waals surface area contributed by atoms with Crippen LogP contribution in [0, 0.1) is 0 Å². The van der Waals surface area contributed by atoms with Gasteiger partial charge in [0.05, 0.1) is 13.3 Å². The summed E-state index contributed by atoms with van der Waals surface area (Å²) >= 11 is 0. The molecule has 1 amide bonds. The molecule has 1 aliphatic carbocycles. The van der Waals surface area contributed by atoms with E-state index in [1.807, 2.05) is 36.4 Å². The van der Waals surface area contributed by atoms with Gasteiger partial charge >= 0.3 is 12.1 Å². The minimum absolute atomic E-state index is 0.0713. The number of benzene rings is 2. The molecule has 3 aromatic rings. The average molecular weight is 391 g/mol. The van der Waals surface area contributed by atoms with Crippen LogP contribution in [0.3, 0.4) is 0 Å². The van der Waals surface area contributed by atoms with Crippen LogP contribution in [0.5, 0.6) is 5.88 Å². The zero-order chi connectivity index (χ0) is 20.4. The van der Waals surface area contributed by atoms with Crippen molar-refractivity contribution >= 4 is 18.0 Å². The number of hydrogen-bond acceptors (Lipinski definition) is 6. The molecule has 0 saturated carbocycles. The van der Waals surface area contributed by atoms with E-state index in [1.54, 1.807) is 0 Å². The lowest BCUT2D eigenvalue weighted by Crippen LogP contribution is -2.19. The number of aromatic carboxylic acids is 1. The van der Waals surface area contributed by atoms with Gasteiger partial charge in [-0.1, -0.05) is 48.5 Å². The Bertz CT molecular complexity index is 1050. The van der Waals surface area contributed by atoms with Crippen LogP contribution in [0.2, 0.25) is 0 Å². The Morgan fingerprint density at radius 1 is 1.07 bits per heavy atom. The Morgan fingerprint density at radius 3 is 2.28 bits per heavy atom. The monoisotopic (exact) mass is 391 g/mol. The quantitative estimate of drug-likeness (QED) is 0.684. The van der Waals surface area contributed by atoms with Crippen LogP contribution in [-0.4, -0.2) is 40.9 Å². The van der Waals surface area contributed by atoms with Crippen molar-refractivity contribution in [1.82, 2.24) is 9.97 Å². The fourth-order valence-corrected chi connectivity index (χ4v) is 3.45. The van der Waals surface area contributed by atoms with E-state index < -0.39 is 12.1 Å². The first-order valence-electron chi connectivity index (χ1n) is 8.85. The predicted octanol–water partition coefficient (Wildman–Crippen LogP) is 3.54. The van der Waals surface area contributed by atoms with Gasteiger partial charge in [-0.05, 0) is 22.3 Å². The van der Waals surface area contributed by atoms with Gasteiger partial charge in [-0.25, -0.2) is 14.6 Å². The molecule has 0 spiro atoms. The third-order valence-electron chi connectivity index (χ3n) is 4.74. The number of ether oxygens (including phenoxy) is 2. The summed E-state index contributed by atoms with van der Waals surface area (Å²) in [7, 11) is 1.28. The van der Waals surface area contributed by atoms with Crippen molar-refractivity contribution in [3.63, 3.8) is 0 Å². The maximum absolute atomic E-state index is 12.2. The smallest absolute Gasteiger partial charge is 0.414 e. The third-order valence-corrected chi connectivity index (χ3v) is 4.74. The summed E-state index contributed by atoms with van der Waals surface area (Å²) in [6.07, 6.45) is 0.324. The zero-order valence-electron chi connectivity index (χ0n) is 15.5. The Morgan fingerprint density at radius 2 is 1.69 bits per heavy atom. The van der Waals surface area contributed by atoms with Gasteiger partial charge in [0.25, 0.3) is 0 Å². The first-order chi connectivity index (χ1) is 14.1. The number of amides is 1. The number of carboxylic acids is 1. The van der Waals surface area contributed by atoms with Gasteiger partial charge in [0.15, 0.2) is 0 Å². The van der Waals surface area contributed by atoms with E-state index in [2.05, 4.69) is 27.4 Å². The number of rotatable bonds is 5. The van der Waals surface area contributed by atoms with Crippen LogP contribution in [0.4, 0.5) is 10.7 Å². The lowest BCUT2D eigenvalue weighted by molar-refractivity contribution is 0.0692. The first-order valence-corrected chi connectivity index (χ1v) is 8.85. The molecule has 1 heterocycles. The second-order valence-electron chi connectivity index (χ2n) is 6.37. The second-order valence-corrected chi connectivity index (χ2v) is 6.37. The van der Waals surface area contributed by atoms with Crippen molar-refractivity contribution in [2.45, 2.75) is 5.92 Å². The molecule has 29 heavy (non-hydrogen) atoms. The summed E-state index contributed by atoms with van der Waals surface area (Å²) in [5.41, 5.74) is 4.27. The fourth-order valence-electron chi connectivity index (χ4n) is 3.45. The van der Waals surface area contributed by atoms with Crippen LogP contribution >= 0.6 is 0 Å². The van der Waals surface area contributed by atoms with Crippen molar-refractivity contribution in [1.29, 1.82) is 0 Å². The molecule has 146 valence electrons. The lowest BCUT2D eigenvalue weighted by atomic mass is 9.98. The number of hydrogen-bond donors (Lipinski definition) is 2. The fraction of sp³-hybridized carbons (Fsp3) is 0.143. The summed E-state index contributed by atoms with van der Waals surface area (Å²) in [4.78, 5) is 31.0. The Balaban J connectivity index is 1.47. The lowest BCUT2D eigenvalue weighted by Gasteiger charge is -2.14. The van der Waals surface area contributed by atoms with E-state index in [4.69, 9.17) is 14.6 Å². The molecule has 0 saturated heterocycles. The Kier molecular flexibility index (Phi) is 4.82. The van der Waals surface area contributed by atoms with Gasteiger partial charge in [0.1, 0.15) is 12.2 Å². The standard InChI is InChI=1S/C21H17N3O5/c1-28-18-16(19(25)26)10-22-20(23-18)24-21(27)29-11-17-14-8-4-2-6-12(14)13-7-3-5-9-15(13)17/h2-10,17H,11H2,1H3,(H,25,26)(H,22,23,24,27). The number of fused-ring (bicyclic) bond motifs is 3. The average Bonchev–Trinajstić information content (AvgIpc) is 3.06. The number of carboxylic acid groups (broad SMARTS) is 1. The highest BCUT2D eigenvalue weighted by atomic mass is 16.5. The topological polar surface area (TPSA) is 111 Å². The van der Waals surface area contributed by atoms with E-state index in [1.165, 1.54) is 7.11 Å². The largest absolute Gasteiger partial charge is 0.480 e. The SMILES string of the molecule is COc1nc(NC(=O)OCC2c3ccccc3-c3ccccc32)ncc1C(=O)O. The van der Waals surface area contributed by atoms with Gasteiger partial charge in [0, 0.05) is 5.92 Å². The molecule has 8 nitrogen and oxygen atoms in total. The number of aromatic nitrogens is 2. The van der Waals surface area contributed by atoms with Crippen LogP contribution in [0.15, 0.2) is 54.7 Å². The Labute approximate surface area is 166 Å². The second kappa shape index (κ2) is 7.59. The van der Waals surface area contributed by atoms with Crippen LogP contribution in [-0.2, 0) is 4.74 Å². The number of nitrogens with zero attached hydrogens (tertiary/aromatic N) is 2. The molecule has 0 fully saturated rings. The number of anilines is 1. The highest BCUT2D eigenvalue weighted by Crippen LogP contribution is 2.44. The van der Waals surface area contributed by atoms with Crippen LogP contribution in [0.1, 0.15) is 27.4 Å². The maximum Gasteiger partial charge on any atom is 0.414 e. The normalized spacial score (nSPS) is 12.0. The Hall–Kier alpha value is -3.94. The van der Waals surface area contributed by atoms with E-state index in [9.17, 15) is 9.59 Å². The zero-order valence-corrected chi connectivity index (χ0v) is 15.5. The van der Waals surface area contributed by atoms with Gasteiger partial charge < -0.3 is 14.6 Å². The first kappa shape index (κ1) is 18.4. The van der Waals surface area contributed by atoms with Gasteiger partial charge in [-0.3, -0.25) is 5.32 Å². The minimum atomic E-state index is -1.23. The molecular weight excluding hydrogens is 374 g/mol. The molecule has 1 aliphatic rings. The molecule has 2 N–H and O–H groups in total. The summed E-state index contributed by atoms with van der Waals surface area (Å²) in [5, 5.41) is 11.5. The molecule has 0 bridgehead atoms. The molecule has 4 rings (SSSR count). The molecule has 0 aliphatic heterocycles. The van der Waals surface area contributed by atoms with Gasteiger partial charge in [-0.2, -0.15) is 4.98 Å². The number of carbonyl (C=O) groups is 2. The van der Waals surface area contributed by atoms with Gasteiger partial charge in [0.2, 0.25) is 11.8 Å². The number of methoxy groups -OCH3 is 1. The van der Waals surface area contributed by atoms with Gasteiger partial charge in [-0.15, -0.1) is 0 Å². The highest BCUT2D eigenvalue weighted by molar-refractivity contribution is 5.90. The summed E-state index contributed by atoms with van der Waals surface area (Å²) in [6, 6.07) is 16.1. The molecule has 2 aromatic carbocycles. The molecule has 0 atom stereocenters. The van der Waals surface area contributed by atoms with Crippen LogP contribution in [0.25, 0.3) is 11.1 Å². The molecular formula is C21H17N3O5. The summed E-state index contributed by atoms with van der Waals surface area (Å²) in [5.74, 6) is -1.56. The molecule has 8 heteroatoms. The highest BCUT2D eigenvalue weighted by Gasteiger charge is 2.29. The molecule has 1 aromatic heterocycles. The predicted molar refractivity (Wildman–Crippen MR) is 104 cm³/mol. The van der Waals surface area contributed by atoms with Crippen molar-refractivity contribution < 1.29 is 24.2 Å². The summed E-state index contributed by atoms with van der Waals surface area (Å²) in [6.45, 7) is 0.143. The van der Waals surface area contributed by atoms with E-state index in [0.717, 1.165) is 28.5 Å². The summed E-state index contributed by atoms with van der Waals surface area (Å²) < 4.78 is 10.3. The van der Waals surface area contributed by atoms with Crippen LogP contribution < -0.4 is 10.1 Å².